The molecule has 1 unspecified atom stereocenters. The third kappa shape index (κ3) is 3.91. The van der Waals surface area contributed by atoms with Crippen LogP contribution in [0.1, 0.15) is 17.7 Å². The number of hydrogen-bond donors (Lipinski definition) is 2. The first-order valence-electron chi connectivity index (χ1n) is 9.28. The Labute approximate surface area is 158 Å². The number of carbonyl (C=O) groups excluding carboxylic acids is 1. The molecule has 0 bridgehead atoms. The molecule has 2 N–H and O–H groups in total. The minimum atomic E-state index is 0.0463. The number of hydrogen-bond acceptors (Lipinski definition) is 7. The Morgan fingerprint density at radius 2 is 2.33 bits per heavy atom. The molecule has 2 aromatic rings. The Morgan fingerprint density at radius 1 is 1.41 bits per heavy atom. The molecule has 1 amide bonds. The molecule has 1 fully saturated rings. The number of rotatable bonds is 6. The predicted octanol–water partition coefficient (Wildman–Crippen LogP) is 0.843. The molecule has 8 heteroatoms. The average Bonchev–Trinajstić information content (AvgIpc) is 3.06. The Morgan fingerprint density at radius 3 is 3.15 bits per heavy atom. The summed E-state index contributed by atoms with van der Waals surface area (Å²) in [5, 5.41) is 6.88. The lowest BCUT2D eigenvalue weighted by Crippen LogP contribution is -2.32. The number of pyridine rings is 1. The summed E-state index contributed by atoms with van der Waals surface area (Å²) in [4.78, 5) is 27.8. The van der Waals surface area contributed by atoms with Crippen molar-refractivity contribution in [1.82, 2.24) is 25.2 Å². The summed E-state index contributed by atoms with van der Waals surface area (Å²) in [5.41, 5.74) is 3.04. The third-order valence-corrected chi connectivity index (χ3v) is 4.98. The molecule has 0 aromatic carbocycles. The van der Waals surface area contributed by atoms with Gasteiger partial charge in [0.1, 0.15) is 5.82 Å². The van der Waals surface area contributed by atoms with Gasteiger partial charge in [0.05, 0.1) is 18.3 Å². The van der Waals surface area contributed by atoms with Crippen LogP contribution in [0.25, 0.3) is 11.4 Å². The molecule has 27 heavy (non-hydrogen) atoms. The molecule has 0 aliphatic carbocycles. The molecule has 2 aliphatic rings. The largest absolute Gasteiger partial charge is 0.383 e. The van der Waals surface area contributed by atoms with Crippen LogP contribution in [-0.4, -0.2) is 65.2 Å². The molecule has 2 aliphatic heterocycles. The van der Waals surface area contributed by atoms with Crippen LogP contribution in [0.2, 0.25) is 0 Å². The van der Waals surface area contributed by atoms with Gasteiger partial charge >= 0.3 is 0 Å². The van der Waals surface area contributed by atoms with Crippen LogP contribution in [0, 0.1) is 0 Å². The van der Waals surface area contributed by atoms with Gasteiger partial charge in [-0.05, 0) is 25.1 Å². The van der Waals surface area contributed by atoms with Gasteiger partial charge in [0.25, 0.3) is 0 Å². The van der Waals surface area contributed by atoms with Crippen molar-refractivity contribution in [2.45, 2.75) is 25.4 Å². The minimum Gasteiger partial charge on any atom is -0.383 e. The van der Waals surface area contributed by atoms with Gasteiger partial charge in [0.15, 0.2) is 5.82 Å². The SMILES string of the molecule is COCCN1CC(Nc2nc(-c3cccnc3)nc3c2CCNC3)CC1=O. The fraction of sp³-hybridized carbons (Fsp3) is 0.474. The first-order chi connectivity index (χ1) is 13.2. The molecule has 4 rings (SSSR count). The van der Waals surface area contributed by atoms with Crippen LogP contribution in [0.3, 0.4) is 0 Å². The van der Waals surface area contributed by atoms with Gasteiger partial charge in [-0.15, -0.1) is 0 Å². The van der Waals surface area contributed by atoms with Crippen molar-refractivity contribution < 1.29 is 9.53 Å². The van der Waals surface area contributed by atoms with E-state index in [-0.39, 0.29) is 11.9 Å². The summed E-state index contributed by atoms with van der Waals surface area (Å²) in [5.74, 6) is 1.65. The summed E-state index contributed by atoms with van der Waals surface area (Å²) in [6.45, 7) is 3.48. The van der Waals surface area contributed by atoms with Crippen LogP contribution >= 0.6 is 0 Å². The van der Waals surface area contributed by atoms with Gasteiger partial charge in [-0.3, -0.25) is 9.78 Å². The normalized spacial score (nSPS) is 19.2. The van der Waals surface area contributed by atoms with Crippen molar-refractivity contribution in [2.75, 3.05) is 38.7 Å². The molecular formula is C19H24N6O2. The quantitative estimate of drug-likeness (QED) is 0.781. The number of methoxy groups -OCH3 is 1. The van der Waals surface area contributed by atoms with Crippen LogP contribution in [-0.2, 0) is 22.5 Å². The molecule has 142 valence electrons. The number of anilines is 1. The monoisotopic (exact) mass is 368 g/mol. The molecule has 1 atom stereocenters. The highest BCUT2D eigenvalue weighted by atomic mass is 16.5. The van der Waals surface area contributed by atoms with Crippen molar-refractivity contribution >= 4 is 11.7 Å². The lowest BCUT2D eigenvalue weighted by molar-refractivity contribution is -0.128. The maximum absolute atomic E-state index is 12.2. The van der Waals surface area contributed by atoms with E-state index in [4.69, 9.17) is 14.7 Å². The number of likely N-dealkylation sites (tertiary alicyclic amines) is 1. The van der Waals surface area contributed by atoms with Crippen LogP contribution in [0.5, 0.6) is 0 Å². The molecule has 4 heterocycles. The summed E-state index contributed by atoms with van der Waals surface area (Å²) < 4.78 is 5.10. The zero-order valence-corrected chi connectivity index (χ0v) is 15.4. The smallest absolute Gasteiger partial charge is 0.224 e. The van der Waals surface area contributed by atoms with E-state index in [1.807, 2.05) is 17.0 Å². The molecule has 1 saturated heterocycles. The lowest BCUT2D eigenvalue weighted by atomic mass is 10.1. The number of fused-ring (bicyclic) bond motifs is 1. The van der Waals surface area contributed by atoms with Crippen molar-refractivity contribution in [3.8, 4) is 11.4 Å². The maximum Gasteiger partial charge on any atom is 0.224 e. The van der Waals surface area contributed by atoms with Gasteiger partial charge in [0, 0.05) is 56.7 Å². The molecular weight excluding hydrogens is 344 g/mol. The predicted molar refractivity (Wildman–Crippen MR) is 101 cm³/mol. The summed E-state index contributed by atoms with van der Waals surface area (Å²) in [6, 6.07) is 3.89. The highest BCUT2D eigenvalue weighted by Crippen LogP contribution is 2.26. The number of nitrogens with one attached hydrogen (secondary N) is 2. The molecule has 0 radical (unpaired) electrons. The standard InChI is InChI=1S/C19H24N6O2/c1-27-8-7-25-12-14(9-17(25)26)22-19-15-4-6-21-11-16(15)23-18(24-19)13-3-2-5-20-10-13/h2-3,5,10,14,21H,4,6-9,11-12H2,1H3,(H,22,23,24). The lowest BCUT2D eigenvalue weighted by Gasteiger charge is -2.23. The number of amides is 1. The van der Waals surface area contributed by atoms with Gasteiger partial charge in [-0.1, -0.05) is 0 Å². The van der Waals surface area contributed by atoms with Gasteiger partial charge in [-0.2, -0.15) is 0 Å². The van der Waals surface area contributed by atoms with Gasteiger partial charge < -0.3 is 20.3 Å². The second-order valence-electron chi connectivity index (χ2n) is 6.87. The zero-order chi connectivity index (χ0) is 18.6. The minimum absolute atomic E-state index is 0.0463. The van der Waals surface area contributed by atoms with Crippen molar-refractivity contribution in [3.63, 3.8) is 0 Å². The van der Waals surface area contributed by atoms with Crippen LogP contribution in [0.15, 0.2) is 24.5 Å². The summed E-state index contributed by atoms with van der Waals surface area (Å²) in [7, 11) is 1.65. The Hall–Kier alpha value is -2.58. The Bertz CT molecular complexity index is 813. The molecule has 0 spiro atoms. The van der Waals surface area contributed by atoms with E-state index >= 15 is 0 Å². The number of carbonyl (C=O) groups is 1. The van der Waals surface area contributed by atoms with E-state index in [0.29, 0.717) is 31.9 Å². The van der Waals surface area contributed by atoms with Crippen molar-refractivity contribution in [1.29, 1.82) is 0 Å². The zero-order valence-electron chi connectivity index (χ0n) is 15.4. The van der Waals surface area contributed by atoms with E-state index in [2.05, 4.69) is 15.6 Å². The highest BCUT2D eigenvalue weighted by Gasteiger charge is 2.30. The van der Waals surface area contributed by atoms with Crippen molar-refractivity contribution in [2.24, 2.45) is 0 Å². The van der Waals surface area contributed by atoms with E-state index in [0.717, 1.165) is 42.1 Å². The van der Waals surface area contributed by atoms with Gasteiger partial charge in [-0.25, -0.2) is 9.97 Å². The maximum atomic E-state index is 12.2. The fourth-order valence-electron chi connectivity index (χ4n) is 3.58. The Kier molecular flexibility index (Phi) is 5.26. The average molecular weight is 368 g/mol. The van der Waals surface area contributed by atoms with E-state index in [1.54, 1.807) is 19.5 Å². The highest BCUT2D eigenvalue weighted by molar-refractivity contribution is 5.80. The topological polar surface area (TPSA) is 92.3 Å². The van der Waals surface area contributed by atoms with E-state index in [1.165, 1.54) is 0 Å². The fourth-order valence-corrected chi connectivity index (χ4v) is 3.58. The van der Waals surface area contributed by atoms with Crippen LogP contribution in [0.4, 0.5) is 5.82 Å². The van der Waals surface area contributed by atoms with Crippen LogP contribution < -0.4 is 10.6 Å². The summed E-state index contributed by atoms with van der Waals surface area (Å²) >= 11 is 0. The number of aromatic nitrogens is 3. The Balaban J connectivity index is 1.59. The van der Waals surface area contributed by atoms with E-state index in [9.17, 15) is 4.79 Å². The second-order valence-corrected chi connectivity index (χ2v) is 6.87. The second kappa shape index (κ2) is 7.98. The molecule has 2 aromatic heterocycles. The first-order valence-corrected chi connectivity index (χ1v) is 9.28. The first kappa shape index (κ1) is 17.8. The van der Waals surface area contributed by atoms with Gasteiger partial charge in [0.2, 0.25) is 5.91 Å². The number of ether oxygens (including phenoxy) is 1. The van der Waals surface area contributed by atoms with E-state index < -0.39 is 0 Å². The van der Waals surface area contributed by atoms with Crippen molar-refractivity contribution in [3.05, 3.63) is 35.8 Å². The summed E-state index contributed by atoms with van der Waals surface area (Å²) in [6.07, 6.45) is 4.86. The third-order valence-electron chi connectivity index (χ3n) is 4.98. The molecule has 8 nitrogen and oxygen atoms in total. The number of nitrogens with zero attached hydrogens (tertiary/aromatic N) is 4. The molecule has 0 saturated carbocycles.